The lowest BCUT2D eigenvalue weighted by Gasteiger charge is -2.23. The van der Waals surface area contributed by atoms with Gasteiger partial charge in [0.25, 0.3) is 5.91 Å². The third-order valence-corrected chi connectivity index (χ3v) is 3.21. The molecule has 5 heteroatoms. The molecule has 80 valence electrons. The summed E-state index contributed by atoms with van der Waals surface area (Å²) in [6.45, 7) is 0. The highest BCUT2D eigenvalue weighted by molar-refractivity contribution is 7.09. The Bertz CT molecular complexity index is 523. The van der Waals surface area contributed by atoms with E-state index in [1.807, 2.05) is 29.0 Å². The number of nitrogens with one attached hydrogen (secondary N) is 2. The van der Waals surface area contributed by atoms with Crippen molar-refractivity contribution in [2.24, 2.45) is 0 Å². The molecule has 1 aliphatic rings. The van der Waals surface area contributed by atoms with E-state index in [4.69, 9.17) is 0 Å². The molecule has 0 bridgehead atoms. The normalized spacial score (nSPS) is 18.5. The van der Waals surface area contributed by atoms with E-state index >= 15 is 0 Å². The van der Waals surface area contributed by atoms with Crippen LogP contribution in [0.2, 0.25) is 0 Å². The SMILES string of the molecule is O=C1Nc2cscc2NC1c1ccccn1. The minimum absolute atomic E-state index is 0.0652. The van der Waals surface area contributed by atoms with Crippen LogP contribution in [0.25, 0.3) is 0 Å². The van der Waals surface area contributed by atoms with Crippen LogP contribution in [0.3, 0.4) is 0 Å². The second-order valence-electron chi connectivity index (χ2n) is 3.52. The van der Waals surface area contributed by atoms with Gasteiger partial charge in [-0.25, -0.2) is 0 Å². The van der Waals surface area contributed by atoms with Crippen LogP contribution in [0.5, 0.6) is 0 Å². The number of rotatable bonds is 1. The van der Waals surface area contributed by atoms with Crippen molar-refractivity contribution in [2.75, 3.05) is 10.6 Å². The predicted molar refractivity (Wildman–Crippen MR) is 63.5 cm³/mol. The van der Waals surface area contributed by atoms with Crippen LogP contribution in [-0.4, -0.2) is 10.9 Å². The van der Waals surface area contributed by atoms with E-state index in [1.54, 1.807) is 17.5 Å². The van der Waals surface area contributed by atoms with Gasteiger partial charge in [-0.05, 0) is 12.1 Å². The van der Waals surface area contributed by atoms with Crippen LogP contribution in [0.15, 0.2) is 35.2 Å². The topological polar surface area (TPSA) is 54.0 Å². The Kier molecular flexibility index (Phi) is 2.11. The van der Waals surface area contributed by atoms with E-state index in [2.05, 4.69) is 15.6 Å². The number of anilines is 2. The summed E-state index contributed by atoms with van der Waals surface area (Å²) >= 11 is 1.56. The van der Waals surface area contributed by atoms with Crippen molar-refractivity contribution < 1.29 is 4.79 Å². The zero-order valence-electron chi connectivity index (χ0n) is 8.31. The first-order valence-corrected chi connectivity index (χ1v) is 5.83. The number of carbonyl (C=O) groups is 1. The highest BCUT2D eigenvalue weighted by Crippen LogP contribution is 2.34. The molecule has 0 saturated carbocycles. The number of carbonyl (C=O) groups excluding carboxylic acids is 1. The summed E-state index contributed by atoms with van der Waals surface area (Å²) in [4.78, 5) is 16.0. The minimum atomic E-state index is -0.400. The average molecular weight is 231 g/mol. The number of hydrogen-bond donors (Lipinski definition) is 2. The quantitative estimate of drug-likeness (QED) is 0.791. The van der Waals surface area contributed by atoms with Crippen molar-refractivity contribution in [1.82, 2.24) is 4.98 Å². The van der Waals surface area contributed by atoms with Gasteiger partial charge in [0.05, 0.1) is 17.1 Å². The van der Waals surface area contributed by atoms with Gasteiger partial charge in [0.15, 0.2) is 0 Å². The molecule has 2 N–H and O–H groups in total. The Morgan fingerprint density at radius 3 is 2.94 bits per heavy atom. The van der Waals surface area contributed by atoms with Gasteiger partial charge in [-0.3, -0.25) is 9.78 Å². The molecular weight excluding hydrogens is 222 g/mol. The fraction of sp³-hybridized carbons (Fsp3) is 0.0909. The molecule has 1 atom stereocenters. The van der Waals surface area contributed by atoms with Gasteiger partial charge in [0, 0.05) is 17.0 Å². The third-order valence-electron chi connectivity index (χ3n) is 2.47. The summed E-state index contributed by atoms with van der Waals surface area (Å²) in [6.07, 6.45) is 1.69. The van der Waals surface area contributed by atoms with Crippen LogP contribution < -0.4 is 10.6 Å². The fourth-order valence-corrected chi connectivity index (χ4v) is 2.41. The Labute approximate surface area is 96.3 Å². The number of thiophene rings is 1. The van der Waals surface area contributed by atoms with E-state index in [0.717, 1.165) is 17.1 Å². The van der Waals surface area contributed by atoms with Gasteiger partial charge in [0.2, 0.25) is 0 Å². The van der Waals surface area contributed by atoms with Gasteiger partial charge in [-0.2, -0.15) is 0 Å². The number of hydrogen-bond acceptors (Lipinski definition) is 4. The predicted octanol–water partition coefficient (Wildman–Crippen LogP) is 2.25. The maximum atomic E-state index is 11.8. The van der Waals surface area contributed by atoms with Gasteiger partial charge in [-0.15, -0.1) is 11.3 Å². The summed E-state index contributed by atoms with van der Waals surface area (Å²) in [5, 5.41) is 9.92. The van der Waals surface area contributed by atoms with Gasteiger partial charge in [-0.1, -0.05) is 6.07 Å². The Hall–Kier alpha value is -1.88. The molecule has 0 aliphatic carbocycles. The summed E-state index contributed by atoms with van der Waals surface area (Å²) in [5.41, 5.74) is 2.54. The van der Waals surface area contributed by atoms with Crippen molar-refractivity contribution in [2.45, 2.75) is 6.04 Å². The van der Waals surface area contributed by atoms with Gasteiger partial charge < -0.3 is 10.6 Å². The second-order valence-corrected chi connectivity index (χ2v) is 4.26. The summed E-state index contributed by atoms with van der Waals surface area (Å²) in [6, 6.07) is 5.15. The lowest BCUT2D eigenvalue weighted by molar-refractivity contribution is -0.117. The van der Waals surface area contributed by atoms with Crippen LogP contribution >= 0.6 is 11.3 Å². The van der Waals surface area contributed by atoms with E-state index < -0.39 is 6.04 Å². The number of pyridine rings is 1. The molecule has 0 spiro atoms. The average Bonchev–Trinajstić information content (AvgIpc) is 2.76. The van der Waals surface area contributed by atoms with Crippen LogP contribution in [0, 0.1) is 0 Å². The van der Waals surface area contributed by atoms with Gasteiger partial charge in [0.1, 0.15) is 6.04 Å². The number of amides is 1. The summed E-state index contributed by atoms with van der Waals surface area (Å²) in [5.74, 6) is -0.0652. The molecule has 4 nitrogen and oxygen atoms in total. The first-order chi connectivity index (χ1) is 7.84. The van der Waals surface area contributed by atoms with E-state index in [-0.39, 0.29) is 5.91 Å². The van der Waals surface area contributed by atoms with Crippen molar-refractivity contribution in [1.29, 1.82) is 0 Å². The molecule has 16 heavy (non-hydrogen) atoms. The maximum Gasteiger partial charge on any atom is 0.253 e. The van der Waals surface area contributed by atoms with Crippen LogP contribution in [0.1, 0.15) is 11.7 Å². The van der Waals surface area contributed by atoms with E-state index in [0.29, 0.717) is 0 Å². The molecule has 1 amide bonds. The smallest absolute Gasteiger partial charge is 0.253 e. The summed E-state index contributed by atoms with van der Waals surface area (Å²) < 4.78 is 0. The van der Waals surface area contributed by atoms with Gasteiger partial charge >= 0.3 is 0 Å². The highest BCUT2D eigenvalue weighted by atomic mass is 32.1. The first-order valence-electron chi connectivity index (χ1n) is 4.89. The molecule has 0 fully saturated rings. The Morgan fingerprint density at radius 1 is 1.25 bits per heavy atom. The van der Waals surface area contributed by atoms with Crippen molar-refractivity contribution in [3.05, 3.63) is 40.8 Å². The zero-order valence-corrected chi connectivity index (χ0v) is 9.12. The van der Waals surface area contributed by atoms with Crippen LogP contribution in [0.4, 0.5) is 11.4 Å². The van der Waals surface area contributed by atoms with Crippen LogP contribution in [-0.2, 0) is 4.79 Å². The van der Waals surface area contributed by atoms with Crippen molar-refractivity contribution >= 4 is 28.6 Å². The second kappa shape index (κ2) is 3.61. The standard InChI is InChI=1S/C11H9N3OS/c15-11-10(7-3-1-2-4-12-7)13-8-5-16-6-9(8)14-11/h1-6,10,13H,(H,14,15). The zero-order chi connectivity index (χ0) is 11.0. The van der Waals surface area contributed by atoms with Crippen molar-refractivity contribution in [3.8, 4) is 0 Å². The Balaban J connectivity index is 1.97. The maximum absolute atomic E-state index is 11.8. The molecule has 0 radical (unpaired) electrons. The minimum Gasteiger partial charge on any atom is -0.366 e. The number of fused-ring (bicyclic) bond motifs is 1. The third kappa shape index (κ3) is 1.45. The summed E-state index contributed by atoms with van der Waals surface area (Å²) in [7, 11) is 0. The molecule has 0 aromatic carbocycles. The van der Waals surface area contributed by atoms with Crippen molar-refractivity contribution in [3.63, 3.8) is 0 Å². The number of aromatic nitrogens is 1. The molecule has 2 aromatic heterocycles. The highest BCUT2D eigenvalue weighted by Gasteiger charge is 2.27. The first kappa shape index (κ1) is 9.35. The largest absolute Gasteiger partial charge is 0.366 e. The van der Waals surface area contributed by atoms with E-state index in [9.17, 15) is 4.79 Å². The Morgan fingerprint density at radius 2 is 2.12 bits per heavy atom. The molecule has 1 aliphatic heterocycles. The molecule has 3 rings (SSSR count). The monoisotopic (exact) mass is 231 g/mol. The molecule has 3 heterocycles. The van der Waals surface area contributed by atoms with E-state index in [1.165, 1.54) is 0 Å². The lowest BCUT2D eigenvalue weighted by Crippen LogP contribution is -2.31. The number of nitrogens with zero attached hydrogens (tertiary/aromatic N) is 1. The lowest BCUT2D eigenvalue weighted by atomic mass is 10.1. The fourth-order valence-electron chi connectivity index (χ4n) is 1.69. The molecular formula is C11H9N3OS. The molecule has 2 aromatic rings. The molecule has 0 saturated heterocycles. The molecule has 1 unspecified atom stereocenters.